The zero-order valence-electron chi connectivity index (χ0n) is 11.0. The van der Waals surface area contributed by atoms with E-state index in [4.69, 9.17) is 27.9 Å². The molecule has 1 amide bonds. The summed E-state index contributed by atoms with van der Waals surface area (Å²) in [5.74, 6) is 0.154. The van der Waals surface area contributed by atoms with E-state index in [0.29, 0.717) is 28.0 Å². The molecular weight excluding hydrogens is 301 g/mol. The molecule has 0 saturated carbocycles. The number of rotatable bonds is 4. The summed E-state index contributed by atoms with van der Waals surface area (Å²) in [6.07, 6.45) is 1.61. The van der Waals surface area contributed by atoms with E-state index >= 15 is 0 Å². The highest BCUT2D eigenvalue weighted by Gasteiger charge is 2.15. The molecule has 1 heterocycles. The number of anilines is 1. The van der Waals surface area contributed by atoms with Gasteiger partial charge < -0.3 is 10.1 Å². The highest BCUT2D eigenvalue weighted by molar-refractivity contribution is 6.34. The lowest BCUT2D eigenvalue weighted by Gasteiger charge is -2.07. The molecule has 0 saturated heterocycles. The van der Waals surface area contributed by atoms with Crippen molar-refractivity contribution in [1.29, 1.82) is 0 Å². The number of benzene rings is 1. The molecule has 1 aromatic carbocycles. The second-order valence-electron chi connectivity index (χ2n) is 3.98. The molecule has 5 nitrogen and oxygen atoms in total. The van der Waals surface area contributed by atoms with E-state index in [1.54, 1.807) is 29.1 Å². The zero-order valence-corrected chi connectivity index (χ0v) is 12.5. The number of hydrogen-bond donors (Lipinski definition) is 1. The second-order valence-corrected chi connectivity index (χ2v) is 4.80. The van der Waals surface area contributed by atoms with Gasteiger partial charge in [-0.2, -0.15) is 5.10 Å². The van der Waals surface area contributed by atoms with Crippen LogP contribution < -0.4 is 10.1 Å². The van der Waals surface area contributed by atoms with Crippen LogP contribution >= 0.6 is 23.2 Å². The number of nitrogens with one attached hydrogen (secondary N) is 1. The Bertz CT molecular complexity index is 641. The van der Waals surface area contributed by atoms with Gasteiger partial charge in [0.25, 0.3) is 5.91 Å². The van der Waals surface area contributed by atoms with Gasteiger partial charge in [0.2, 0.25) is 0 Å². The summed E-state index contributed by atoms with van der Waals surface area (Å²) in [5.41, 5.74) is 0.725. The second kappa shape index (κ2) is 6.15. The first-order valence-electron chi connectivity index (χ1n) is 5.93. The number of aryl methyl sites for hydroxylation is 1. The van der Waals surface area contributed by atoms with Crippen molar-refractivity contribution in [2.45, 2.75) is 13.5 Å². The Balaban J connectivity index is 2.18. The number of methoxy groups -OCH3 is 1. The Kier molecular flexibility index (Phi) is 4.52. The van der Waals surface area contributed by atoms with Crippen molar-refractivity contribution in [1.82, 2.24) is 9.78 Å². The molecule has 20 heavy (non-hydrogen) atoms. The first kappa shape index (κ1) is 14.7. The number of halogens is 2. The summed E-state index contributed by atoms with van der Waals surface area (Å²) in [4.78, 5) is 12.1. The summed E-state index contributed by atoms with van der Waals surface area (Å²) in [6, 6.07) is 4.96. The zero-order chi connectivity index (χ0) is 14.7. The van der Waals surface area contributed by atoms with Crippen LogP contribution in [0.1, 0.15) is 17.4 Å². The van der Waals surface area contributed by atoms with Crippen molar-refractivity contribution in [3.05, 3.63) is 40.1 Å². The van der Waals surface area contributed by atoms with Gasteiger partial charge in [-0.1, -0.05) is 23.2 Å². The highest BCUT2D eigenvalue weighted by atomic mass is 35.5. The maximum absolute atomic E-state index is 12.1. The van der Waals surface area contributed by atoms with Crippen molar-refractivity contribution < 1.29 is 9.53 Å². The van der Waals surface area contributed by atoms with E-state index in [0.717, 1.165) is 0 Å². The average molecular weight is 314 g/mol. The SMILES string of the molecule is CCn1cc(Cl)c(C(=O)Nc2ccc(OC)c(Cl)c2)n1. The quantitative estimate of drug-likeness (QED) is 0.940. The molecule has 1 N–H and O–H groups in total. The minimum Gasteiger partial charge on any atom is -0.495 e. The molecule has 0 aliphatic heterocycles. The maximum atomic E-state index is 12.1. The fourth-order valence-electron chi connectivity index (χ4n) is 1.65. The topological polar surface area (TPSA) is 56.2 Å². The fraction of sp³-hybridized carbons (Fsp3) is 0.231. The number of carbonyl (C=O) groups excluding carboxylic acids is 1. The van der Waals surface area contributed by atoms with Crippen LogP contribution in [0.15, 0.2) is 24.4 Å². The molecule has 0 spiro atoms. The van der Waals surface area contributed by atoms with Gasteiger partial charge in [0.1, 0.15) is 5.75 Å². The molecule has 0 aliphatic rings. The predicted octanol–water partition coefficient (Wildman–Crippen LogP) is 3.47. The molecule has 0 bridgehead atoms. The predicted molar refractivity (Wildman–Crippen MR) is 78.9 cm³/mol. The molecule has 0 atom stereocenters. The van der Waals surface area contributed by atoms with Crippen LogP contribution in [0.4, 0.5) is 5.69 Å². The van der Waals surface area contributed by atoms with E-state index in [9.17, 15) is 4.79 Å². The molecule has 0 radical (unpaired) electrons. The normalized spacial score (nSPS) is 10.4. The summed E-state index contributed by atoms with van der Waals surface area (Å²) in [5, 5.41) is 7.51. The van der Waals surface area contributed by atoms with E-state index < -0.39 is 0 Å². The first-order valence-corrected chi connectivity index (χ1v) is 6.68. The number of hydrogen-bond acceptors (Lipinski definition) is 3. The molecule has 2 rings (SSSR count). The van der Waals surface area contributed by atoms with E-state index in [1.165, 1.54) is 7.11 Å². The molecule has 0 aliphatic carbocycles. The smallest absolute Gasteiger partial charge is 0.277 e. The van der Waals surface area contributed by atoms with E-state index in [1.807, 2.05) is 6.92 Å². The molecule has 0 fully saturated rings. The van der Waals surface area contributed by atoms with Crippen molar-refractivity contribution >= 4 is 34.8 Å². The van der Waals surface area contributed by atoms with Gasteiger partial charge in [0.15, 0.2) is 5.69 Å². The van der Waals surface area contributed by atoms with Crippen LogP contribution in [0.2, 0.25) is 10.0 Å². The Morgan fingerprint density at radius 1 is 1.40 bits per heavy atom. The molecule has 2 aromatic rings. The van der Waals surface area contributed by atoms with E-state index in [2.05, 4.69) is 10.4 Å². The third kappa shape index (κ3) is 3.05. The largest absolute Gasteiger partial charge is 0.495 e. The molecule has 7 heteroatoms. The summed E-state index contributed by atoms with van der Waals surface area (Å²) < 4.78 is 6.64. The lowest BCUT2D eigenvalue weighted by Crippen LogP contribution is -2.13. The number of ether oxygens (including phenoxy) is 1. The van der Waals surface area contributed by atoms with Gasteiger partial charge in [0.05, 0.1) is 17.2 Å². The van der Waals surface area contributed by atoms with Crippen LogP contribution in [-0.4, -0.2) is 22.8 Å². The fourth-order valence-corrected chi connectivity index (χ4v) is 2.14. The van der Waals surface area contributed by atoms with Crippen LogP contribution in [-0.2, 0) is 6.54 Å². The van der Waals surface area contributed by atoms with Crippen molar-refractivity contribution in [3.63, 3.8) is 0 Å². The lowest BCUT2D eigenvalue weighted by molar-refractivity contribution is 0.102. The van der Waals surface area contributed by atoms with Crippen LogP contribution in [0.5, 0.6) is 5.75 Å². The van der Waals surface area contributed by atoms with Crippen molar-refractivity contribution in [2.75, 3.05) is 12.4 Å². The summed E-state index contributed by atoms with van der Waals surface area (Å²) >= 11 is 12.0. The number of carbonyl (C=O) groups is 1. The van der Waals surface area contributed by atoms with Gasteiger partial charge in [-0.25, -0.2) is 0 Å². The number of amides is 1. The van der Waals surface area contributed by atoms with Crippen LogP contribution in [0, 0.1) is 0 Å². The summed E-state index contributed by atoms with van der Waals surface area (Å²) in [6.45, 7) is 2.55. The number of nitrogens with zero attached hydrogens (tertiary/aromatic N) is 2. The molecule has 0 unspecified atom stereocenters. The average Bonchev–Trinajstić information content (AvgIpc) is 2.80. The molecule has 106 valence electrons. The highest BCUT2D eigenvalue weighted by Crippen LogP contribution is 2.27. The summed E-state index contributed by atoms with van der Waals surface area (Å²) in [7, 11) is 1.52. The van der Waals surface area contributed by atoms with Crippen LogP contribution in [0.25, 0.3) is 0 Å². The number of aromatic nitrogens is 2. The minimum absolute atomic E-state index is 0.181. The molecule has 1 aromatic heterocycles. The Labute approximate surface area is 126 Å². The Morgan fingerprint density at radius 3 is 2.70 bits per heavy atom. The molecular formula is C13H13Cl2N3O2. The van der Waals surface area contributed by atoms with Crippen molar-refractivity contribution in [2.24, 2.45) is 0 Å². The van der Waals surface area contributed by atoms with Gasteiger partial charge in [-0.15, -0.1) is 0 Å². The third-order valence-electron chi connectivity index (χ3n) is 2.67. The monoisotopic (exact) mass is 313 g/mol. The lowest BCUT2D eigenvalue weighted by atomic mass is 10.3. The van der Waals surface area contributed by atoms with Gasteiger partial charge >= 0.3 is 0 Å². The minimum atomic E-state index is -0.386. The van der Waals surface area contributed by atoms with Crippen LogP contribution in [0.3, 0.4) is 0 Å². The van der Waals surface area contributed by atoms with Gasteiger partial charge in [-0.05, 0) is 25.1 Å². The Hall–Kier alpha value is -1.72. The third-order valence-corrected chi connectivity index (χ3v) is 3.24. The Morgan fingerprint density at radius 2 is 2.15 bits per heavy atom. The standard InChI is InChI=1S/C13H13Cl2N3O2/c1-3-18-7-10(15)12(17-18)13(19)16-8-4-5-11(20-2)9(14)6-8/h4-7H,3H2,1-2H3,(H,16,19). The van der Waals surface area contributed by atoms with E-state index in [-0.39, 0.29) is 11.6 Å². The first-order chi connectivity index (χ1) is 9.55. The van der Waals surface area contributed by atoms with Gasteiger partial charge in [-0.3, -0.25) is 9.48 Å². The van der Waals surface area contributed by atoms with Gasteiger partial charge in [0, 0.05) is 18.4 Å². The maximum Gasteiger partial charge on any atom is 0.277 e. The van der Waals surface area contributed by atoms with Crippen molar-refractivity contribution in [3.8, 4) is 5.75 Å².